The van der Waals surface area contributed by atoms with Crippen molar-refractivity contribution in [3.63, 3.8) is 0 Å². The Kier molecular flexibility index (Phi) is 8.66. The summed E-state index contributed by atoms with van der Waals surface area (Å²) < 4.78 is 1.88. The smallest absolute Gasteiger partial charge is 0.115 e. The van der Waals surface area contributed by atoms with E-state index in [1.165, 1.54) is 50.1 Å². The molecule has 0 atom stereocenters. The zero-order chi connectivity index (χ0) is 29.0. The maximum Gasteiger partial charge on any atom is 0.115 e. The van der Waals surface area contributed by atoms with Crippen molar-refractivity contribution < 1.29 is 24.7 Å². The summed E-state index contributed by atoms with van der Waals surface area (Å²) in [6, 6.07) is 61.5. The van der Waals surface area contributed by atoms with Crippen molar-refractivity contribution in [2.45, 2.75) is 0 Å². The molecule has 0 saturated heterocycles. The van der Waals surface area contributed by atoms with Crippen molar-refractivity contribution in [3.8, 4) is 66.9 Å². The van der Waals surface area contributed by atoms with Crippen molar-refractivity contribution in [2.75, 3.05) is 0 Å². The van der Waals surface area contributed by atoms with E-state index in [4.69, 9.17) is 0 Å². The summed E-state index contributed by atoms with van der Waals surface area (Å²) in [6.45, 7) is 0. The van der Waals surface area contributed by atoms with Gasteiger partial charge in [-0.1, -0.05) is 121 Å². The van der Waals surface area contributed by atoms with E-state index in [0.29, 0.717) is 0 Å². The number of hydrogen-bond donors (Lipinski definition) is 0. The molecular weight excluding hydrogens is 711 g/mol. The Balaban J connectivity index is 0.00000343. The molecule has 1 heterocycles. The monoisotopic (exact) mass is 741 g/mol. The van der Waals surface area contributed by atoms with Crippen LogP contribution in [0.1, 0.15) is 0 Å². The number of aromatic nitrogens is 1. The van der Waals surface area contributed by atoms with Gasteiger partial charge in [-0.2, -0.15) is 0 Å². The van der Waals surface area contributed by atoms with Crippen molar-refractivity contribution in [1.82, 2.24) is 0 Å². The Morgan fingerprint density at radius 1 is 0.386 bits per heavy atom. The van der Waals surface area contributed by atoms with Crippen LogP contribution in [0.25, 0.3) is 66.9 Å². The molecule has 0 fully saturated rings. The predicted molar refractivity (Wildman–Crippen MR) is 179 cm³/mol. The van der Waals surface area contributed by atoms with Crippen LogP contribution in [0.5, 0.6) is 0 Å². The third-order valence-corrected chi connectivity index (χ3v) is 7.91. The molecule has 213 valence electrons. The van der Waals surface area contributed by atoms with Crippen LogP contribution in [0.15, 0.2) is 170 Å². The van der Waals surface area contributed by atoms with E-state index in [9.17, 15) is 0 Å². The van der Waals surface area contributed by atoms with E-state index in [0.717, 1.165) is 16.8 Å². The van der Waals surface area contributed by atoms with Crippen LogP contribution >= 0.6 is 0 Å². The number of benzene rings is 6. The van der Waals surface area contributed by atoms with Gasteiger partial charge in [-0.05, 0) is 80.4 Å². The van der Waals surface area contributed by atoms with Gasteiger partial charge in [0.1, 0.15) is 5.69 Å². The molecule has 0 bridgehead atoms. The Hall–Kier alpha value is -5.01. The summed E-state index contributed by atoms with van der Waals surface area (Å²) in [5.74, 6) is 0. The summed E-state index contributed by atoms with van der Waals surface area (Å²) in [7, 11) is 4.12. The van der Waals surface area contributed by atoms with E-state index in [-0.39, 0.29) is 20.1 Å². The molecule has 1 aromatic heterocycles. The van der Waals surface area contributed by atoms with E-state index in [1.807, 2.05) is 29.0 Å². The standard InChI is InChI=1S/C42H30N.Ir/c1-43-25-6-5-24-42(43)41-23-11-22-40(30-41)39-21-10-20-38(29-39)37-19-9-18-36(28-37)35-17-8-16-34(27-35)33-15-7-14-32(26-33)31-12-3-2-4-13-31;/h2-22,24-30H,1H2;/q-1;. The first-order valence-electron chi connectivity index (χ1n) is 14.5. The fourth-order valence-corrected chi connectivity index (χ4v) is 5.66. The zero-order valence-electron chi connectivity index (χ0n) is 24.2. The second-order valence-electron chi connectivity index (χ2n) is 10.7. The molecule has 44 heavy (non-hydrogen) atoms. The minimum absolute atomic E-state index is 0. The topological polar surface area (TPSA) is 3.88 Å². The largest absolute Gasteiger partial charge is 0.321 e. The number of pyridine rings is 1. The summed E-state index contributed by atoms with van der Waals surface area (Å²) in [5.41, 5.74) is 14.0. The Labute approximate surface area is 273 Å². The minimum atomic E-state index is 0. The molecule has 1 radical (unpaired) electrons. The average Bonchev–Trinajstić information content (AvgIpc) is 3.09. The molecule has 7 rings (SSSR count). The SMILES string of the molecule is [CH2-][n+]1ccccc1-c1[c-]ccc(-c2cccc(-c3cccc(-c4cccc(-c5cccc(-c6ccccc6)c5)c4)c3)c2)c1.[Ir]. The van der Waals surface area contributed by atoms with Crippen LogP contribution in [-0.4, -0.2) is 0 Å². The van der Waals surface area contributed by atoms with Crippen molar-refractivity contribution >= 4 is 0 Å². The molecule has 0 amide bonds. The molecule has 0 saturated carbocycles. The Bertz CT molecular complexity index is 2040. The fourth-order valence-electron chi connectivity index (χ4n) is 5.66. The molecule has 0 unspecified atom stereocenters. The maximum atomic E-state index is 4.12. The van der Waals surface area contributed by atoms with E-state index < -0.39 is 0 Å². The first kappa shape index (κ1) is 29.1. The molecule has 2 heteroatoms. The van der Waals surface area contributed by atoms with Crippen LogP contribution < -0.4 is 4.57 Å². The van der Waals surface area contributed by atoms with Crippen molar-refractivity contribution in [3.05, 3.63) is 183 Å². The molecule has 0 aliphatic carbocycles. The molecular formula is C42H30IrN-. The third-order valence-electron chi connectivity index (χ3n) is 7.91. The summed E-state index contributed by atoms with van der Waals surface area (Å²) in [6.07, 6.45) is 1.96. The van der Waals surface area contributed by atoms with Crippen molar-refractivity contribution in [1.29, 1.82) is 0 Å². The van der Waals surface area contributed by atoms with E-state index in [1.54, 1.807) is 0 Å². The van der Waals surface area contributed by atoms with Crippen LogP contribution in [0.2, 0.25) is 0 Å². The quantitative estimate of drug-likeness (QED) is 0.118. The van der Waals surface area contributed by atoms with Gasteiger partial charge in [0.25, 0.3) is 0 Å². The van der Waals surface area contributed by atoms with Gasteiger partial charge in [0, 0.05) is 27.2 Å². The third kappa shape index (κ3) is 6.19. The summed E-state index contributed by atoms with van der Waals surface area (Å²) in [5, 5.41) is 0. The van der Waals surface area contributed by atoms with Crippen LogP contribution in [0, 0.1) is 13.1 Å². The van der Waals surface area contributed by atoms with Gasteiger partial charge in [-0.15, -0.1) is 29.8 Å². The molecule has 0 N–H and O–H groups in total. The summed E-state index contributed by atoms with van der Waals surface area (Å²) >= 11 is 0. The summed E-state index contributed by atoms with van der Waals surface area (Å²) in [4.78, 5) is 0. The van der Waals surface area contributed by atoms with Gasteiger partial charge in [-0.25, -0.2) is 0 Å². The van der Waals surface area contributed by atoms with Gasteiger partial charge < -0.3 is 4.57 Å². The maximum absolute atomic E-state index is 4.12. The van der Waals surface area contributed by atoms with E-state index in [2.05, 4.69) is 159 Å². The molecule has 0 spiro atoms. The van der Waals surface area contributed by atoms with E-state index >= 15 is 0 Å². The van der Waals surface area contributed by atoms with Gasteiger partial charge in [0.15, 0.2) is 0 Å². The predicted octanol–water partition coefficient (Wildman–Crippen LogP) is 10.4. The molecule has 6 aromatic carbocycles. The van der Waals surface area contributed by atoms with Crippen LogP contribution in [0.3, 0.4) is 0 Å². The Morgan fingerprint density at radius 3 is 1.23 bits per heavy atom. The van der Waals surface area contributed by atoms with Crippen molar-refractivity contribution in [2.24, 2.45) is 0 Å². The van der Waals surface area contributed by atoms with Crippen LogP contribution in [-0.2, 0) is 20.1 Å². The average molecular weight is 741 g/mol. The second kappa shape index (κ2) is 13.1. The first-order chi connectivity index (χ1) is 21.2. The Morgan fingerprint density at radius 2 is 0.773 bits per heavy atom. The molecule has 7 aromatic rings. The number of rotatable bonds is 6. The fraction of sp³-hybridized carbons (Fsp3) is 0. The molecule has 0 aliphatic heterocycles. The second-order valence-corrected chi connectivity index (χ2v) is 10.7. The molecule has 1 nitrogen and oxygen atoms in total. The van der Waals surface area contributed by atoms with Gasteiger partial charge >= 0.3 is 0 Å². The van der Waals surface area contributed by atoms with Gasteiger partial charge in [0.05, 0.1) is 6.20 Å². The number of hydrogen-bond acceptors (Lipinski definition) is 0. The van der Waals surface area contributed by atoms with Gasteiger partial charge in [0.2, 0.25) is 0 Å². The minimum Gasteiger partial charge on any atom is -0.321 e. The normalized spacial score (nSPS) is 10.6. The van der Waals surface area contributed by atoms with Crippen LogP contribution in [0.4, 0.5) is 0 Å². The molecule has 0 aliphatic rings. The first-order valence-corrected chi connectivity index (χ1v) is 14.5. The number of nitrogens with zero attached hydrogens (tertiary/aromatic N) is 1. The zero-order valence-corrected chi connectivity index (χ0v) is 26.5. The van der Waals surface area contributed by atoms with Gasteiger partial charge in [-0.3, -0.25) is 0 Å².